The van der Waals surface area contributed by atoms with Crippen molar-refractivity contribution in [2.45, 2.75) is 180 Å². The van der Waals surface area contributed by atoms with Crippen LogP contribution < -0.4 is 5.73 Å². The Morgan fingerprint density at radius 3 is 1.54 bits per heavy atom. The minimum atomic E-state index is -4.36. The number of unbranched alkanes of at least 4 members (excludes halogenated alkanes) is 20. The molecule has 0 aromatic carbocycles. The standard InChI is InChI=1S/C36H70NO8P/c1-3-5-7-9-11-13-14-15-16-17-18-19-20-21-23-25-27-29-36(39)45-34(33-44-46(40,41)43-31-30-37)32-42-35(38)28-26-24-22-12-10-8-6-4-2/h15-16,34H,3-14,17-33,37H2,1-2H3,(H,40,41)/b16-15-. The lowest BCUT2D eigenvalue weighted by molar-refractivity contribution is -0.161. The van der Waals surface area contributed by atoms with Crippen molar-refractivity contribution in [1.29, 1.82) is 0 Å². The molecular formula is C36H70NO8P. The lowest BCUT2D eigenvalue weighted by atomic mass is 10.1. The van der Waals surface area contributed by atoms with Crippen LogP contribution in [0.4, 0.5) is 0 Å². The Kier molecular flexibility index (Phi) is 32.7. The van der Waals surface area contributed by atoms with Crippen LogP contribution in [0.25, 0.3) is 0 Å². The lowest BCUT2D eigenvalue weighted by Gasteiger charge is -2.19. The summed E-state index contributed by atoms with van der Waals surface area (Å²) in [5.74, 6) is -0.834. The quantitative estimate of drug-likeness (QED) is 0.0291. The molecule has 0 rings (SSSR count). The number of rotatable bonds is 35. The van der Waals surface area contributed by atoms with Crippen LogP contribution in [0.2, 0.25) is 0 Å². The SMILES string of the molecule is CCCCCCCC/C=C\CCCCCCCCCC(=O)OC(COC(=O)CCCCCCCCCC)COP(=O)(O)OCCN. The predicted octanol–water partition coefficient (Wildman–Crippen LogP) is 9.88. The van der Waals surface area contributed by atoms with E-state index in [1.165, 1.54) is 96.3 Å². The van der Waals surface area contributed by atoms with Gasteiger partial charge in [0.25, 0.3) is 0 Å². The molecule has 46 heavy (non-hydrogen) atoms. The number of carbonyl (C=O) groups excluding carboxylic acids is 2. The molecule has 0 aromatic heterocycles. The van der Waals surface area contributed by atoms with Crippen molar-refractivity contribution in [3.8, 4) is 0 Å². The highest BCUT2D eigenvalue weighted by Gasteiger charge is 2.25. The molecule has 3 N–H and O–H groups in total. The zero-order valence-electron chi connectivity index (χ0n) is 29.6. The van der Waals surface area contributed by atoms with Gasteiger partial charge in [0.05, 0.1) is 13.2 Å². The third-order valence-electron chi connectivity index (χ3n) is 7.90. The van der Waals surface area contributed by atoms with Crippen LogP contribution >= 0.6 is 7.82 Å². The van der Waals surface area contributed by atoms with E-state index in [9.17, 15) is 19.0 Å². The van der Waals surface area contributed by atoms with E-state index in [0.29, 0.717) is 6.42 Å². The van der Waals surface area contributed by atoms with E-state index < -0.39 is 26.5 Å². The number of hydrogen-bond acceptors (Lipinski definition) is 8. The van der Waals surface area contributed by atoms with Crippen molar-refractivity contribution in [1.82, 2.24) is 0 Å². The molecule has 0 aliphatic rings. The molecule has 0 spiro atoms. The fourth-order valence-corrected chi connectivity index (χ4v) is 5.86. The molecule has 2 unspecified atom stereocenters. The summed E-state index contributed by atoms with van der Waals surface area (Å²) >= 11 is 0. The predicted molar refractivity (Wildman–Crippen MR) is 188 cm³/mol. The van der Waals surface area contributed by atoms with Crippen LogP contribution in [0.3, 0.4) is 0 Å². The normalized spacial score (nSPS) is 13.6. The Balaban J connectivity index is 4.17. The van der Waals surface area contributed by atoms with Gasteiger partial charge in [-0.1, -0.05) is 135 Å². The van der Waals surface area contributed by atoms with Gasteiger partial charge in [-0.25, -0.2) is 4.57 Å². The summed E-state index contributed by atoms with van der Waals surface area (Å²) in [6.45, 7) is 3.68. The van der Waals surface area contributed by atoms with Crippen molar-refractivity contribution < 1.29 is 37.6 Å². The Labute approximate surface area is 281 Å². The summed E-state index contributed by atoms with van der Waals surface area (Å²) in [5.41, 5.74) is 5.32. The minimum absolute atomic E-state index is 0.0549. The average Bonchev–Trinajstić information content (AvgIpc) is 3.04. The number of hydrogen-bond donors (Lipinski definition) is 2. The Morgan fingerprint density at radius 2 is 1.07 bits per heavy atom. The Hall–Kier alpha value is -1.25. The first kappa shape index (κ1) is 44.8. The van der Waals surface area contributed by atoms with Crippen LogP contribution in [0.15, 0.2) is 12.2 Å². The van der Waals surface area contributed by atoms with Crippen molar-refractivity contribution in [3.05, 3.63) is 12.2 Å². The number of esters is 2. The molecule has 0 aliphatic carbocycles. The van der Waals surface area contributed by atoms with E-state index in [-0.39, 0.29) is 38.6 Å². The molecule has 0 fully saturated rings. The van der Waals surface area contributed by atoms with Gasteiger partial charge in [0, 0.05) is 19.4 Å². The van der Waals surface area contributed by atoms with Crippen molar-refractivity contribution in [2.24, 2.45) is 5.73 Å². The number of carbonyl (C=O) groups is 2. The second-order valence-electron chi connectivity index (χ2n) is 12.4. The first-order valence-electron chi connectivity index (χ1n) is 18.7. The third kappa shape index (κ3) is 32.7. The highest BCUT2D eigenvalue weighted by molar-refractivity contribution is 7.47. The smallest absolute Gasteiger partial charge is 0.462 e. The number of allylic oxidation sites excluding steroid dienone is 2. The maximum absolute atomic E-state index is 12.5. The lowest BCUT2D eigenvalue weighted by Crippen LogP contribution is -2.29. The van der Waals surface area contributed by atoms with E-state index >= 15 is 0 Å². The van der Waals surface area contributed by atoms with Crippen molar-refractivity contribution >= 4 is 19.8 Å². The van der Waals surface area contributed by atoms with Crippen LogP contribution in [0, 0.1) is 0 Å². The summed E-state index contributed by atoms with van der Waals surface area (Å²) in [6, 6.07) is 0. The molecule has 0 saturated carbocycles. The third-order valence-corrected chi connectivity index (χ3v) is 8.89. The van der Waals surface area contributed by atoms with Gasteiger partial charge in [-0.2, -0.15) is 0 Å². The Bertz CT molecular complexity index is 779. The van der Waals surface area contributed by atoms with Crippen molar-refractivity contribution in [3.63, 3.8) is 0 Å². The maximum atomic E-state index is 12.5. The largest absolute Gasteiger partial charge is 0.472 e. The molecule has 272 valence electrons. The monoisotopic (exact) mass is 675 g/mol. The molecule has 0 radical (unpaired) electrons. The van der Waals surface area contributed by atoms with E-state index in [4.69, 9.17) is 24.3 Å². The van der Waals surface area contributed by atoms with Gasteiger partial charge in [0.15, 0.2) is 6.10 Å². The summed E-state index contributed by atoms with van der Waals surface area (Å²) < 4.78 is 32.5. The minimum Gasteiger partial charge on any atom is -0.462 e. The topological polar surface area (TPSA) is 134 Å². The molecule has 0 aromatic rings. The molecule has 0 saturated heterocycles. The van der Waals surface area contributed by atoms with Crippen LogP contribution in [-0.2, 0) is 32.7 Å². The van der Waals surface area contributed by atoms with E-state index in [0.717, 1.165) is 44.9 Å². The van der Waals surface area contributed by atoms with Crippen LogP contribution in [0.1, 0.15) is 174 Å². The molecular weight excluding hydrogens is 605 g/mol. The zero-order chi connectivity index (χ0) is 34.0. The summed E-state index contributed by atoms with van der Waals surface area (Å²) in [5, 5.41) is 0. The second-order valence-corrected chi connectivity index (χ2v) is 13.9. The van der Waals surface area contributed by atoms with E-state index in [1.54, 1.807) is 0 Å². The van der Waals surface area contributed by atoms with Crippen LogP contribution in [-0.4, -0.2) is 49.3 Å². The fourth-order valence-electron chi connectivity index (χ4n) is 5.10. The van der Waals surface area contributed by atoms with Gasteiger partial charge in [-0.05, 0) is 38.5 Å². The average molecular weight is 676 g/mol. The van der Waals surface area contributed by atoms with Gasteiger partial charge in [-0.3, -0.25) is 18.6 Å². The fraction of sp³-hybridized carbons (Fsp3) is 0.889. The summed E-state index contributed by atoms with van der Waals surface area (Å²) in [6.07, 6.45) is 31.1. The summed E-state index contributed by atoms with van der Waals surface area (Å²) in [7, 11) is -4.36. The van der Waals surface area contributed by atoms with Crippen molar-refractivity contribution in [2.75, 3.05) is 26.4 Å². The van der Waals surface area contributed by atoms with Gasteiger partial charge in [-0.15, -0.1) is 0 Å². The zero-order valence-corrected chi connectivity index (χ0v) is 30.5. The number of phosphoric acid groups is 1. The maximum Gasteiger partial charge on any atom is 0.472 e. The molecule has 0 amide bonds. The molecule has 0 heterocycles. The molecule has 10 heteroatoms. The van der Waals surface area contributed by atoms with Gasteiger partial charge in [0.1, 0.15) is 6.61 Å². The Morgan fingerprint density at radius 1 is 0.630 bits per heavy atom. The molecule has 9 nitrogen and oxygen atoms in total. The van der Waals surface area contributed by atoms with Gasteiger partial charge >= 0.3 is 19.8 Å². The van der Waals surface area contributed by atoms with Gasteiger partial charge in [0.2, 0.25) is 0 Å². The van der Waals surface area contributed by atoms with E-state index in [2.05, 4.69) is 26.0 Å². The first-order chi connectivity index (χ1) is 22.3. The molecule has 0 bridgehead atoms. The highest BCUT2D eigenvalue weighted by atomic mass is 31.2. The number of ether oxygens (including phenoxy) is 2. The summed E-state index contributed by atoms with van der Waals surface area (Å²) in [4.78, 5) is 34.5. The number of phosphoric ester groups is 1. The molecule has 0 aliphatic heterocycles. The number of nitrogens with two attached hydrogens (primary N) is 1. The first-order valence-corrected chi connectivity index (χ1v) is 20.2. The highest BCUT2D eigenvalue weighted by Crippen LogP contribution is 2.43. The van der Waals surface area contributed by atoms with E-state index in [1.807, 2.05) is 0 Å². The van der Waals surface area contributed by atoms with Crippen LogP contribution in [0.5, 0.6) is 0 Å². The van der Waals surface area contributed by atoms with Gasteiger partial charge < -0.3 is 20.1 Å². The second kappa shape index (κ2) is 33.6. The molecule has 2 atom stereocenters.